The fourth-order valence-corrected chi connectivity index (χ4v) is 1.54. The van der Waals surface area contributed by atoms with Gasteiger partial charge in [-0.1, -0.05) is 0 Å². The lowest BCUT2D eigenvalue weighted by molar-refractivity contribution is 0.0695. The number of rotatable bonds is 4. The molecule has 21 heavy (non-hydrogen) atoms. The highest BCUT2D eigenvalue weighted by Gasteiger charge is 2.09. The zero-order valence-corrected chi connectivity index (χ0v) is 11.5. The molecule has 0 fully saturated rings. The number of aromatic nitrogens is 2. The molecule has 0 saturated heterocycles. The third-order valence-electron chi connectivity index (χ3n) is 2.57. The first-order chi connectivity index (χ1) is 9.97. The molecule has 0 saturated carbocycles. The Morgan fingerprint density at radius 2 is 1.90 bits per heavy atom. The van der Waals surface area contributed by atoms with Gasteiger partial charge in [0.05, 0.1) is 17.3 Å². The molecular weight excluding hydrogens is 274 g/mol. The molecule has 0 aliphatic rings. The number of nitrogens with zero attached hydrogens (tertiary/aromatic N) is 3. The highest BCUT2D eigenvalue weighted by Crippen LogP contribution is 2.19. The second-order valence-corrected chi connectivity index (χ2v) is 4.40. The monoisotopic (exact) mass is 287 g/mol. The van der Waals surface area contributed by atoms with Crippen molar-refractivity contribution in [3.05, 3.63) is 47.9 Å². The van der Waals surface area contributed by atoms with Crippen molar-refractivity contribution in [2.45, 2.75) is 0 Å². The Balaban J connectivity index is 2.15. The summed E-state index contributed by atoms with van der Waals surface area (Å²) in [5.74, 6) is -0.750. The first-order valence-electron chi connectivity index (χ1n) is 6.01. The quantitative estimate of drug-likeness (QED) is 0.919. The van der Waals surface area contributed by atoms with Gasteiger partial charge in [-0.2, -0.15) is 0 Å². The van der Waals surface area contributed by atoms with Crippen molar-refractivity contribution in [1.29, 1.82) is 0 Å². The van der Waals surface area contributed by atoms with E-state index < -0.39 is 5.97 Å². The smallest absolute Gasteiger partial charge is 0.337 e. The van der Waals surface area contributed by atoms with E-state index in [0.29, 0.717) is 5.56 Å². The van der Waals surface area contributed by atoms with Crippen LogP contribution in [0.25, 0.3) is 0 Å². The minimum absolute atomic E-state index is 0.0203. The Morgan fingerprint density at radius 3 is 2.48 bits per heavy atom. The Morgan fingerprint density at radius 1 is 1.14 bits per heavy atom. The van der Waals surface area contributed by atoms with Crippen LogP contribution in [-0.4, -0.2) is 45.9 Å². The summed E-state index contributed by atoms with van der Waals surface area (Å²) in [5.41, 5.74) is 0.455. The van der Waals surface area contributed by atoms with Crippen LogP contribution in [-0.2, 0) is 0 Å². The van der Waals surface area contributed by atoms with E-state index in [9.17, 15) is 9.59 Å². The van der Waals surface area contributed by atoms with Gasteiger partial charge in [-0.15, -0.1) is 0 Å². The van der Waals surface area contributed by atoms with Crippen LogP contribution in [0.5, 0.6) is 11.6 Å². The molecule has 0 bridgehead atoms. The van der Waals surface area contributed by atoms with Crippen molar-refractivity contribution in [2.24, 2.45) is 0 Å². The zero-order chi connectivity index (χ0) is 15.4. The number of carbonyl (C=O) groups excluding carboxylic acids is 1. The maximum absolute atomic E-state index is 11.7. The topological polar surface area (TPSA) is 92.6 Å². The lowest BCUT2D eigenvalue weighted by Gasteiger charge is -2.10. The van der Waals surface area contributed by atoms with Crippen LogP contribution in [0.15, 0.2) is 36.8 Å². The summed E-state index contributed by atoms with van der Waals surface area (Å²) in [4.78, 5) is 31.8. The molecule has 2 heterocycles. The Bertz CT molecular complexity index is 668. The first kappa shape index (κ1) is 14.4. The number of pyridine rings is 2. The average molecular weight is 287 g/mol. The molecule has 2 aromatic heterocycles. The normalized spacial score (nSPS) is 10.0. The molecule has 1 amide bonds. The number of carbonyl (C=O) groups is 2. The molecule has 0 aliphatic heterocycles. The van der Waals surface area contributed by atoms with Crippen molar-refractivity contribution in [1.82, 2.24) is 14.9 Å². The van der Waals surface area contributed by atoms with Gasteiger partial charge in [0, 0.05) is 32.6 Å². The molecule has 1 N–H and O–H groups in total. The first-order valence-corrected chi connectivity index (χ1v) is 6.01. The number of hydrogen-bond acceptors (Lipinski definition) is 5. The number of hydrogen-bond donors (Lipinski definition) is 1. The summed E-state index contributed by atoms with van der Waals surface area (Å²) in [6, 6.07) is 4.46. The van der Waals surface area contributed by atoms with Gasteiger partial charge in [0.1, 0.15) is 5.75 Å². The molecule has 7 nitrogen and oxygen atoms in total. The number of ether oxygens (including phenoxy) is 1. The Hall–Kier alpha value is -2.96. The maximum Gasteiger partial charge on any atom is 0.337 e. The summed E-state index contributed by atoms with van der Waals surface area (Å²) in [6.45, 7) is 0. The number of carboxylic acid groups (broad SMARTS) is 1. The van der Waals surface area contributed by atoms with E-state index in [2.05, 4.69) is 9.97 Å². The van der Waals surface area contributed by atoms with Crippen LogP contribution in [0, 0.1) is 0 Å². The molecule has 0 aromatic carbocycles. The van der Waals surface area contributed by atoms with E-state index in [1.54, 1.807) is 20.2 Å². The molecule has 0 radical (unpaired) electrons. The average Bonchev–Trinajstić information content (AvgIpc) is 2.47. The SMILES string of the molecule is CN(C)C(=O)c1ccc(Oc2cncc(C(=O)O)c2)nc1. The van der Waals surface area contributed by atoms with Gasteiger partial charge in [-0.05, 0) is 12.1 Å². The fourth-order valence-electron chi connectivity index (χ4n) is 1.54. The van der Waals surface area contributed by atoms with E-state index in [4.69, 9.17) is 9.84 Å². The van der Waals surface area contributed by atoms with E-state index >= 15 is 0 Å². The molecule has 7 heteroatoms. The lowest BCUT2D eigenvalue weighted by atomic mass is 10.2. The maximum atomic E-state index is 11.7. The van der Waals surface area contributed by atoms with Crippen molar-refractivity contribution >= 4 is 11.9 Å². The van der Waals surface area contributed by atoms with Crippen molar-refractivity contribution in [3.8, 4) is 11.6 Å². The van der Waals surface area contributed by atoms with Gasteiger partial charge >= 0.3 is 5.97 Å². The van der Waals surface area contributed by atoms with E-state index in [0.717, 1.165) is 0 Å². The van der Waals surface area contributed by atoms with Gasteiger partial charge in [0.25, 0.3) is 5.91 Å². The van der Waals surface area contributed by atoms with Crippen molar-refractivity contribution in [3.63, 3.8) is 0 Å². The third-order valence-corrected chi connectivity index (χ3v) is 2.57. The molecule has 108 valence electrons. The second-order valence-electron chi connectivity index (χ2n) is 4.40. The Labute approximate surface area is 120 Å². The van der Waals surface area contributed by atoms with E-state index in [1.807, 2.05) is 0 Å². The van der Waals surface area contributed by atoms with Crippen LogP contribution in [0.3, 0.4) is 0 Å². The predicted molar refractivity (Wildman–Crippen MR) is 73.5 cm³/mol. The van der Waals surface area contributed by atoms with Gasteiger partial charge < -0.3 is 14.7 Å². The Kier molecular flexibility index (Phi) is 4.13. The second kappa shape index (κ2) is 6.00. The van der Waals surface area contributed by atoms with Crippen LogP contribution >= 0.6 is 0 Å². The van der Waals surface area contributed by atoms with Gasteiger partial charge in [0.2, 0.25) is 5.88 Å². The van der Waals surface area contributed by atoms with Gasteiger partial charge in [-0.25, -0.2) is 9.78 Å². The molecule has 2 rings (SSSR count). The van der Waals surface area contributed by atoms with E-state index in [-0.39, 0.29) is 23.1 Å². The molecule has 0 atom stereocenters. The molecule has 0 spiro atoms. The van der Waals surface area contributed by atoms with E-state index in [1.165, 1.54) is 35.6 Å². The highest BCUT2D eigenvalue weighted by atomic mass is 16.5. The summed E-state index contributed by atoms with van der Waals surface area (Å²) in [7, 11) is 3.30. The minimum atomic E-state index is -1.09. The van der Waals surface area contributed by atoms with Crippen molar-refractivity contribution in [2.75, 3.05) is 14.1 Å². The molecule has 0 unspecified atom stereocenters. The van der Waals surface area contributed by atoms with Crippen LogP contribution in [0.4, 0.5) is 0 Å². The minimum Gasteiger partial charge on any atom is -0.478 e. The zero-order valence-electron chi connectivity index (χ0n) is 11.5. The number of amides is 1. The standard InChI is InChI=1S/C14H13N3O4/c1-17(2)13(18)9-3-4-12(16-7-9)21-11-5-10(14(19)20)6-15-8-11/h3-8H,1-2H3,(H,19,20). The fraction of sp³-hybridized carbons (Fsp3) is 0.143. The molecule has 2 aromatic rings. The summed E-state index contributed by atoms with van der Waals surface area (Å²) in [5, 5.41) is 8.87. The molecule has 0 aliphatic carbocycles. The van der Waals surface area contributed by atoms with Crippen LogP contribution in [0.2, 0.25) is 0 Å². The van der Waals surface area contributed by atoms with Gasteiger partial charge in [0.15, 0.2) is 0 Å². The summed E-state index contributed by atoms with van der Waals surface area (Å²) < 4.78 is 5.40. The number of aromatic carboxylic acids is 1. The summed E-state index contributed by atoms with van der Waals surface area (Å²) in [6.07, 6.45) is 4.00. The van der Waals surface area contributed by atoms with Crippen LogP contribution < -0.4 is 4.74 Å². The van der Waals surface area contributed by atoms with Crippen LogP contribution in [0.1, 0.15) is 20.7 Å². The molecular formula is C14H13N3O4. The predicted octanol–water partition coefficient (Wildman–Crippen LogP) is 1.67. The lowest BCUT2D eigenvalue weighted by Crippen LogP contribution is -2.21. The third kappa shape index (κ3) is 3.53. The largest absolute Gasteiger partial charge is 0.478 e. The summed E-state index contributed by atoms with van der Waals surface area (Å²) >= 11 is 0. The number of carboxylic acids is 1. The highest BCUT2D eigenvalue weighted by molar-refractivity contribution is 5.93. The van der Waals surface area contributed by atoms with Crippen molar-refractivity contribution < 1.29 is 19.4 Å². The van der Waals surface area contributed by atoms with Gasteiger partial charge in [-0.3, -0.25) is 9.78 Å².